The predicted octanol–water partition coefficient (Wildman–Crippen LogP) is 1.13. The molecule has 1 atom stereocenters. The summed E-state index contributed by atoms with van der Waals surface area (Å²) >= 11 is 0. The van der Waals surface area contributed by atoms with Gasteiger partial charge in [0.25, 0.3) is 0 Å². The van der Waals surface area contributed by atoms with Crippen LogP contribution in [0.15, 0.2) is 18.2 Å². The number of carbonyl (C=O) groups excluding carboxylic acids is 2. The smallest absolute Gasteiger partial charge is 0.313 e. The summed E-state index contributed by atoms with van der Waals surface area (Å²) in [4.78, 5) is 23.1. The number of amides is 2. The molecule has 5 nitrogen and oxygen atoms in total. The summed E-state index contributed by atoms with van der Waals surface area (Å²) in [6.45, 7) is 5.73. The number of anilines is 1. The zero-order valence-electron chi connectivity index (χ0n) is 11.5. The molecule has 5 heteroatoms. The van der Waals surface area contributed by atoms with Crippen LogP contribution in [-0.4, -0.2) is 29.6 Å². The summed E-state index contributed by atoms with van der Waals surface area (Å²) < 4.78 is 0. The van der Waals surface area contributed by atoms with Gasteiger partial charge in [-0.1, -0.05) is 17.7 Å². The second kappa shape index (κ2) is 6.89. The molecule has 0 aromatic heterocycles. The van der Waals surface area contributed by atoms with Gasteiger partial charge in [-0.2, -0.15) is 0 Å². The van der Waals surface area contributed by atoms with E-state index in [0.717, 1.165) is 11.1 Å². The maximum atomic E-state index is 11.6. The molecule has 0 fully saturated rings. The maximum Gasteiger partial charge on any atom is 0.313 e. The van der Waals surface area contributed by atoms with Gasteiger partial charge in [0, 0.05) is 12.2 Å². The van der Waals surface area contributed by atoms with Gasteiger partial charge in [0.05, 0.1) is 6.10 Å². The Labute approximate surface area is 113 Å². The third-order valence-corrected chi connectivity index (χ3v) is 2.68. The highest BCUT2D eigenvalue weighted by Gasteiger charge is 2.14. The average Bonchev–Trinajstić information content (AvgIpc) is 2.32. The van der Waals surface area contributed by atoms with Crippen LogP contribution < -0.4 is 10.6 Å². The van der Waals surface area contributed by atoms with E-state index >= 15 is 0 Å². The van der Waals surface area contributed by atoms with Crippen LogP contribution in [0.3, 0.4) is 0 Å². The van der Waals surface area contributed by atoms with Crippen LogP contribution in [0.2, 0.25) is 0 Å². The van der Waals surface area contributed by atoms with Gasteiger partial charge in [0.2, 0.25) is 0 Å². The van der Waals surface area contributed by atoms with E-state index in [1.54, 1.807) is 13.0 Å². The quantitative estimate of drug-likeness (QED) is 0.713. The molecule has 1 rings (SSSR count). The first kappa shape index (κ1) is 15.2. The fraction of sp³-hybridized carbons (Fsp3) is 0.429. The Bertz CT molecular complexity index is 470. The number of aryl methyl sites for hydroxylation is 2. The Morgan fingerprint density at radius 1 is 1.26 bits per heavy atom. The number of nitrogens with one attached hydrogen (secondary N) is 2. The fourth-order valence-corrected chi connectivity index (χ4v) is 1.61. The van der Waals surface area contributed by atoms with Crippen molar-refractivity contribution >= 4 is 17.5 Å². The molecule has 1 aromatic carbocycles. The lowest BCUT2D eigenvalue weighted by molar-refractivity contribution is -0.136. The highest BCUT2D eigenvalue weighted by molar-refractivity contribution is 6.39. The zero-order chi connectivity index (χ0) is 14.4. The molecule has 1 aromatic rings. The third-order valence-electron chi connectivity index (χ3n) is 2.68. The Morgan fingerprint density at radius 3 is 2.53 bits per heavy atom. The number of rotatable bonds is 4. The van der Waals surface area contributed by atoms with Gasteiger partial charge in [-0.25, -0.2) is 0 Å². The highest BCUT2D eigenvalue weighted by atomic mass is 16.3. The zero-order valence-corrected chi connectivity index (χ0v) is 11.5. The molecule has 0 heterocycles. The molecular formula is C14H20N2O3. The van der Waals surface area contributed by atoms with E-state index in [0.29, 0.717) is 12.1 Å². The van der Waals surface area contributed by atoms with E-state index < -0.39 is 17.9 Å². The van der Waals surface area contributed by atoms with Gasteiger partial charge >= 0.3 is 11.8 Å². The minimum absolute atomic E-state index is 0.275. The van der Waals surface area contributed by atoms with Gasteiger partial charge in [-0.3, -0.25) is 9.59 Å². The second-order valence-electron chi connectivity index (χ2n) is 4.67. The molecule has 0 spiro atoms. The Balaban J connectivity index is 2.52. The molecule has 0 saturated heterocycles. The number of aliphatic hydroxyl groups excluding tert-OH is 1. The molecule has 104 valence electrons. The lowest BCUT2D eigenvalue weighted by Gasteiger charge is -2.10. The minimum atomic E-state index is -0.697. The summed E-state index contributed by atoms with van der Waals surface area (Å²) in [5, 5.41) is 14.1. The van der Waals surface area contributed by atoms with Crippen LogP contribution in [0.25, 0.3) is 0 Å². The molecule has 0 aliphatic carbocycles. The van der Waals surface area contributed by atoms with Gasteiger partial charge < -0.3 is 15.7 Å². The van der Waals surface area contributed by atoms with E-state index in [2.05, 4.69) is 10.6 Å². The first-order chi connectivity index (χ1) is 8.90. The van der Waals surface area contributed by atoms with Crippen LogP contribution in [0.4, 0.5) is 5.69 Å². The first-order valence-electron chi connectivity index (χ1n) is 6.24. The first-order valence-corrected chi connectivity index (χ1v) is 6.24. The minimum Gasteiger partial charge on any atom is -0.393 e. The van der Waals surface area contributed by atoms with Crippen molar-refractivity contribution in [2.75, 3.05) is 11.9 Å². The standard InChI is InChI=1S/C14H20N2O3/c1-9-4-5-12(10(2)8-9)16-14(19)13(18)15-7-6-11(3)17/h4-5,8,11,17H,6-7H2,1-3H3,(H,15,18)(H,16,19). The van der Waals surface area contributed by atoms with Crippen molar-refractivity contribution in [1.29, 1.82) is 0 Å². The fourth-order valence-electron chi connectivity index (χ4n) is 1.61. The summed E-state index contributed by atoms with van der Waals surface area (Å²) in [5.74, 6) is -1.39. The molecule has 19 heavy (non-hydrogen) atoms. The number of carbonyl (C=O) groups is 2. The largest absolute Gasteiger partial charge is 0.393 e. The van der Waals surface area contributed by atoms with Crippen LogP contribution in [-0.2, 0) is 9.59 Å². The summed E-state index contributed by atoms with van der Waals surface area (Å²) in [5.41, 5.74) is 2.63. The van der Waals surface area contributed by atoms with Crippen LogP contribution in [0.1, 0.15) is 24.5 Å². The monoisotopic (exact) mass is 264 g/mol. The number of hydrogen-bond donors (Lipinski definition) is 3. The van der Waals surface area contributed by atoms with Crippen molar-refractivity contribution in [1.82, 2.24) is 5.32 Å². The molecule has 0 radical (unpaired) electrons. The molecule has 1 unspecified atom stereocenters. The van der Waals surface area contributed by atoms with Crippen molar-refractivity contribution < 1.29 is 14.7 Å². The second-order valence-corrected chi connectivity index (χ2v) is 4.67. The molecule has 3 N–H and O–H groups in total. The van der Waals surface area contributed by atoms with E-state index in [9.17, 15) is 9.59 Å². The molecule has 0 aliphatic rings. The Morgan fingerprint density at radius 2 is 1.95 bits per heavy atom. The molecular weight excluding hydrogens is 244 g/mol. The molecule has 0 saturated carbocycles. The van der Waals surface area contributed by atoms with Crippen molar-refractivity contribution in [3.8, 4) is 0 Å². The van der Waals surface area contributed by atoms with Gasteiger partial charge in [0.15, 0.2) is 0 Å². The third kappa shape index (κ3) is 5.09. The lowest BCUT2D eigenvalue weighted by Crippen LogP contribution is -2.36. The van der Waals surface area contributed by atoms with E-state index in [-0.39, 0.29) is 6.54 Å². The van der Waals surface area contributed by atoms with E-state index in [1.165, 1.54) is 0 Å². The summed E-state index contributed by atoms with van der Waals surface area (Å²) in [6.07, 6.45) is -0.0783. The number of benzene rings is 1. The molecule has 2 amide bonds. The van der Waals surface area contributed by atoms with Crippen LogP contribution in [0, 0.1) is 13.8 Å². The van der Waals surface area contributed by atoms with Crippen LogP contribution >= 0.6 is 0 Å². The Hall–Kier alpha value is -1.88. The van der Waals surface area contributed by atoms with Crippen LogP contribution in [0.5, 0.6) is 0 Å². The predicted molar refractivity (Wildman–Crippen MR) is 73.9 cm³/mol. The molecule has 0 bridgehead atoms. The van der Waals surface area contributed by atoms with E-state index in [1.807, 2.05) is 26.0 Å². The normalized spacial score (nSPS) is 11.8. The topological polar surface area (TPSA) is 78.4 Å². The van der Waals surface area contributed by atoms with Gasteiger partial charge in [0.1, 0.15) is 0 Å². The lowest BCUT2D eigenvalue weighted by atomic mass is 10.1. The maximum absolute atomic E-state index is 11.6. The number of aliphatic hydroxyl groups is 1. The van der Waals surface area contributed by atoms with Crippen molar-refractivity contribution in [3.05, 3.63) is 29.3 Å². The van der Waals surface area contributed by atoms with Gasteiger partial charge in [-0.15, -0.1) is 0 Å². The number of hydrogen-bond acceptors (Lipinski definition) is 3. The van der Waals surface area contributed by atoms with Crippen molar-refractivity contribution in [3.63, 3.8) is 0 Å². The van der Waals surface area contributed by atoms with Crippen molar-refractivity contribution in [2.24, 2.45) is 0 Å². The SMILES string of the molecule is Cc1ccc(NC(=O)C(=O)NCCC(C)O)c(C)c1. The van der Waals surface area contributed by atoms with Crippen molar-refractivity contribution in [2.45, 2.75) is 33.3 Å². The summed E-state index contributed by atoms with van der Waals surface area (Å²) in [7, 11) is 0. The summed E-state index contributed by atoms with van der Waals surface area (Å²) in [6, 6.07) is 5.57. The average molecular weight is 264 g/mol. The Kier molecular flexibility index (Phi) is 5.51. The molecule has 0 aliphatic heterocycles. The van der Waals surface area contributed by atoms with Gasteiger partial charge in [-0.05, 0) is 38.8 Å². The highest BCUT2D eigenvalue weighted by Crippen LogP contribution is 2.15. The van der Waals surface area contributed by atoms with E-state index in [4.69, 9.17) is 5.11 Å².